The topological polar surface area (TPSA) is 84.9 Å². The second-order valence-corrected chi connectivity index (χ2v) is 9.05. The molecule has 0 radical (unpaired) electrons. The molecule has 2 aromatic rings. The lowest BCUT2D eigenvalue weighted by atomic mass is 10.1. The molecule has 0 bridgehead atoms. The second kappa shape index (κ2) is 9.88. The standard InChI is InChI=1S/C21H23F3N2O5S/c1-30-19-7-6-18(32(28,29)26-9-11-31-12-10-26)13-15(19)5-8-20(27)25-17-4-2-3-16(14-17)21(22,23)24/h2-4,6-7,13-14H,5,8-12H2,1H3,(H,25,27). The van der Waals surface area contributed by atoms with Gasteiger partial charge in [0, 0.05) is 25.2 Å². The van der Waals surface area contributed by atoms with Crippen molar-refractivity contribution in [1.29, 1.82) is 0 Å². The van der Waals surface area contributed by atoms with Crippen molar-refractivity contribution in [3.8, 4) is 5.75 Å². The number of benzene rings is 2. The lowest BCUT2D eigenvalue weighted by Gasteiger charge is -2.26. The summed E-state index contributed by atoms with van der Waals surface area (Å²) in [5.74, 6) is -0.0920. The van der Waals surface area contributed by atoms with Crippen LogP contribution in [0.3, 0.4) is 0 Å². The van der Waals surface area contributed by atoms with Gasteiger partial charge in [-0.3, -0.25) is 4.79 Å². The summed E-state index contributed by atoms with van der Waals surface area (Å²) < 4.78 is 76.1. The molecule has 32 heavy (non-hydrogen) atoms. The van der Waals surface area contributed by atoms with E-state index in [4.69, 9.17) is 9.47 Å². The van der Waals surface area contributed by atoms with Gasteiger partial charge >= 0.3 is 6.18 Å². The van der Waals surface area contributed by atoms with Gasteiger partial charge in [-0.25, -0.2) is 8.42 Å². The number of carbonyl (C=O) groups excluding carboxylic acids is 1. The molecule has 0 unspecified atom stereocenters. The van der Waals surface area contributed by atoms with Crippen LogP contribution in [0, 0.1) is 0 Å². The Hall–Kier alpha value is -2.63. The largest absolute Gasteiger partial charge is 0.496 e. The SMILES string of the molecule is COc1ccc(S(=O)(=O)N2CCOCC2)cc1CCC(=O)Nc1cccc(C(F)(F)F)c1. The van der Waals surface area contributed by atoms with Gasteiger partial charge in [-0.2, -0.15) is 17.5 Å². The fourth-order valence-electron chi connectivity index (χ4n) is 3.29. The minimum atomic E-state index is -4.51. The molecule has 2 aromatic carbocycles. The van der Waals surface area contributed by atoms with Gasteiger partial charge in [0.2, 0.25) is 15.9 Å². The molecule has 7 nitrogen and oxygen atoms in total. The summed E-state index contributed by atoms with van der Waals surface area (Å²) in [5, 5.41) is 2.44. The van der Waals surface area contributed by atoms with Crippen LogP contribution in [0.4, 0.5) is 18.9 Å². The van der Waals surface area contributed by atoms with Crippen molar-refractivity contribution in [2.75, 3.05) is 38.7 Å². The van der Waals surface area contributed by atoms with Crippen molar-refractivity contribution in [2.45, 2.75) is 23.9 Å². The molecule has 1 N–H and O–H groups in total. The molecule has 174 valence electrons. The molecule has 3 rings (SSSR count). The van der Waals surface area contributed by atoms with Gasteiger partial charge in [0.1, 0.15) is 5.75 Å². The van der Waals surface area contributed by atoms with Crippen LogP contribution in [0.2, 0.25) is 0 Å². The molecule has 1 fully saturated rings. The molecule has 1 aliphatic heterocycles. The van der Waals surface area contributed by atoms with E-state index in [1.165, 1.54) is 41.7 Å². The number of hydrogen-bond donors (Lipinski definition) is 1. The Morgan fingerprint density at radius 3 is 2.53 bits per heavy atom. The number of rotatable bonds is 7. The van der Waals surface area contributed by atoms with E-state index < -0.39 is 27.7 Å². The molecule has 0 aliphatic carbocycles. The number of nitrogens with zero attached hydrogens (tertiary/aromatic N) is 1. The molecule has 1 heterocycles. The van der Waals surface area contributed by atoms with Crippen molar-refractivity contribution in [3.05, 3.63) is 53.6 Å². The van der Waals surface area contributed by atoms with Crippen LogP contribution in [0.25, 0.3) is 0 Å². The third-order valence-corrected chi connectivity index (χ3v) is 6.85. The summed E-state index contributed by atoms with van der Waals surface area (Å²) in [5.41, 5.74) is -0.334. The summed E-state index contributed by atoms with van der Waals surface area (Å²) in [7, 11) is -2.30. The first-order chi connectivity index (χ1) is 15.1. The minimum absolute atomic E-state index is 0.0282. The molecule has 11 heteroatoms. The van der Waals surface area contributed by atoms with Gasteiger partial charge in [-0.15, -0.1) is 0 Å². The van der Waals surface area contributed by atoms with Crippen LogP contribution < -0.4 is 10.1 Å². The maximum Gasteiger partial charge on any atom is 0.416 e. The summed E-state index contributed by atoms with van der Waals surface area (Å²) in [6, 6.07) is 8.77. The Labute approximate surface area is 184 Å². The van der Waals surface area contributed by atoms with E-state index in [-0.39, 0.29) is 36.5 Å². The van der Waals surface area contributed by atoms with Crippen molar-refractivity contribution in [3.63, 3.8) is 0 Å². The number of carbonyl (C=O) groups is 1. The van der Waals surface area contributed by atoms with Gasteiger partial charge < -0.3 is 14.8 Å². The van der Waals surface area contributed by atoms with Crippen LogP contribution in [0.15, 0.2) is 47.4 Å². The fourth-order valence-corrected chi connectivity index (χ4v) is 4.75. The van der Waals surface area contributed by atoms with Crippen molar-refractivity contribution >= 4 is 21.6 Å². The highest BCUT2D eigenvalue weighted by Crippen LogP contribution is 2.31. The van der Waals surface area contributed by atoms with Crippen LogP contribution in [0.5, 0.6) is 5.75 Å². The average molecular weight is 472 g/mol. The summed E-state index contributed by atoms with van der Waals surface area (Å²) in [4.78, 5) is 12.4. The summed E-state index contributed by atoms with van der Waals surface area (Å²) >= 11 is 0. The highest BCUT2D eigenvalue weighted by molar-refractivity contribution is 7.89. The Morgan fingerprint density at radius 2 is 1.88 bits per heavy atom. The van der Waals surface area contributed by atoms with Crippen molar-refractivity contribution in [2.24, 2.45) is 0 Å². The van der Waals surface area contributed by atoms with Crippen molar-refractivity contribution < 1.29 is 35.9 Å². The van der Waals surface area contributed by atoms with Gasteiger partial charge in [-0.1, -0.05) is 6.07 Å². The lowest BCUT2D eigenvalue weighted by molar-refractivity contribution is -0.137. The van der Waals surface area contributed by atoms with Crippen LogP contribution >= 0.6 is 0 Å². The molecule has 0 aromatic heterocycles. The van der Waals surface area contributed by atoms with Crippen LogP contribution in [-0.2, 0) is 32.2 Å². The minimum Gasteiger partial charge on any atom is -0.496 e. The number of hydrogen-bond acceptors (Lipinski definition) is 5. The zero-order valence-corrected chi connectivity index (χ0v) is 18.1. The van der Waals surface area contributed by atoms with Gasteiger partial charge in [0.15, 0.2) is 0 Å². The van der Waals surface area contributed by atoms with Gasteiger partial charge in [-0.05, 0) is 48.4 Å². The fraction of sp³-hybridized carbons (Fsp3) is 0.381. The predicted molar refractivity (Wildman–Crippen MR) is 111 cm³/mol. The van der Waals surface area contributed by atoms with Crippen molar-refractivity contribution in [1.82, 2.24) is 4.31 Å². The lowest BCUT2D eigenvalue weighted by Crippen LogP contribution is -2.40. The number of nitrogens with one attached hydrogen (secondary N) is 1. The van der Waals surface area contributed by atoms with Crippen LogP contribution in [0.1, 0.15) is 17.5 Å². The zero-order valence-electron chi connectivity index (χ0n) is 17.3. The summed E-state index contributed by atoms with van der Waals surface area (Å²) in [6.07, 6.45) is -4.45. The Bertz CT molecular complexity index is 1070. The number of amides is 1. The third-order valence-electron chi connectivity index (χ3n) is 4.95. The third kappa shape index (κ3) is 5.78. The predicted octanol–water partition coefficient (Wildman–Crippen LogP) is 3.31. The monoisotopic (exact) mass is 472 g/mol. The molecule has 0 saturated carbocycles. The number of sulfonamides is 1. The quantitative estimate of drug-likeness (QED) is 0.669. The number of halogens is 3. The van der Waals surface area contributed by atoms with Gasteiger partial charge in [0.05, 0.1) is 30.8 Å². The number of methoxy groups -OCH3 is 1. The van der Waals surface area contributed by atoms with E-state index in [2.05, 4.69) is 5.32 Å². The maximum absolute atomic E-state index is 12.9. The highest BCUT2D eigenvalue weighted by Gasteiger charge is 2.30. The Morgan fingerprint density at radius 1 is 1.16 bits per heavy atom. The number of anilines is 1. The number of morpholine rings is 1. The summed E-state index contributed by atoms with van der Waals surface area (Å²) in [6.45, 7) is 1.14. The number of ether oxygens (including phenoxy) is 2. The molecular formula is C21H23F3N2O5S. The average Bonchev–Trinajstić information content (AvgIpc) is 2.77. The zero-order chi connectivity index (χ0) is 23.4. The molecular weight excluding hydrogens is 449 g/mol. The smallest absolute Gasteiger partial charge is 0.416 e. The highest BCUT2D eigenvalue weighted by atomic mass is 32.2. The Balaban J connectivity index is 1.71. The van der Waals surface area contributed by atoms with E-state index in [0.717, 1.165) is 12.1 Å². The van der Waals surface area contributed by atoms with Crippen LogP contribution in [-0.4, -0.2) is 52.0 Å². The maximum atomic E-state index is 12.9. The van der Waals surface area contributed by atoms with E-state index in [1.54, 1.807) is 0 Å². The van der Waals surface area contributed by atoms with E-state index in [9.17, 15) is 26.4 Å². The molecule has 0 atom stereocenters. The first-order valence-corrected chi connectivity index (χ1v) is 11.3. The molecule has 1 saturated heterocycles. The number of alkyl halides is 3. The van der Waals surface area contributed by atoms with Gasteiger partial charge in [0.25, 0.3) is 0 Å². The Kier molecular flexibility index (Phi) is 7.42. The second-order valence-electron chi connectivity index (χ2n) is 7.12. The first-order valence-electron chi connectivity index (χ1n) is 9.83. The molecule has 1 amide bonds. The van der Waals surface area contributed by atoms with E-state index in [0.29, 0.717) is 24.5 Å². The normalized spacial score (nSPS) is 15.4. The van der Waals surface area contributed by atoms with E-state index >= 15 is 0 Å². The molecule has 0 spiro atoms. The molecule has 1 aliphatic rings. The van der Waals surface area contributed by atoms with E-state index in [1.807, 2.05) is 0 Å². The number of aryl methyl sites for hydroxylation is 1. The first kappa shape index (κ1) is 24.0.